The lowest BCUT2D eigenvalue weighted by Crippen LogP contribution is -2.29. The summed E-state index contributed by atoms with van der Waals surface area (Å²) in [5, 5.41) is 20.7. The molecule has 1 aromatic carbocycles. The predicted octanol–water partition coefficient (Wildman–Crippen LogP) is 13.2. The first-order chi connectivity index (χ1) is 29.2. The number of anilines is 1. The maximum absolute atomic E-state index is 13.0. The zero-order valence-corrected chi connectivity index (χ0v) is 37.6. The van der Waals surface area contributed by atoms with E-state index in [0.717, 1.165) is 83.1 Å². The van der Waals surface area contributed by atoms with Gasteiger partial charge in [0.25, 0.3) is 0 Å². The standard InChI is InChI=1S/C45H75N4O10P/c1-3-5-7-9-11-13-15-17-19-21-23-25-27-29-31-33-42(50)56-37-39(38-57-60(54,55)48-40-35-36-41(49(52)53)45-44(40)46-59-47-45)58-43(51)34-32-30-28-26-24-22-20-18-16-14-12-10-8-6-4-2/h17-20,35-36,39H,3-16,21-34,37-38H2,1-2H3,(H2,48,54,55)/b19-17-,20-18-/t39-/m1/s1. The van der Waals surface area contributed by atoms with Gasteiger partial charge in [-0.25, -0.2) is 9.19 Å². The molecule has 1 unspecified atom stereocenters. The van der Waals surface area contributed by atoms with Crippen LogP contribution in [-0.4, -0.2) is 51.4 Å². The molecular weight excluding hydrogens is 787 g/mol. The molecule has 340 valence electrons. The second-order valence-corrected chi connectivity index (χ2v) is 17.3. The van der Waals surface area contributed by atoms with E-state index in [-0.39, 0.29) is 36.2 Å². The fraction of sp³-hybridized carbons (Fsp3) is 0.733. The molecule has 1 heterocycles. The molecule has 2 atom stereocenters. The van der Waals surface area contributed by atoms with E-state index in [2.05, 4.69) is 58.2 Å². The molecule has 0 aliphatic rings. The Hall–Kier alpha value is -3.61. The highest BCUT2D eigenvalue weighted by molar-refractivity contribution is 7.54. The minimum absolute atomic E-state index is 0.0909. The number of benzene rings is 1. The number of nitro groups is 1. The van der Waals surface area contributed by atoms with Gasteiger partial charge in [0, 0.05) is 18.9 Å². The molecule has 14 nitrogen and oxygen atoms in total. The fourth-order valence-corrected chi connectivity index (χ4v) is 7.68. The smallest absolute Gasteiger partial charge is 0.430 e. The predicted molar refractivity (Wildman–Crippen MR) is 238 cm³/mol. The monoisotopic (exact) mass is 863 g/mol. The number of ether oxygens (including phenoxy) is 2. The van der Waals surface area contributed by atoms with E-state index >= 15 is 0 Å². The molecule has 0 aliphatic carbocycles. The second kappa shape index (κ2) is 34.0. The third kappa shape index (κ3) is 25.9. The maximum atomic E-state index is 13.0. The summed E-state index contributed by atoms with van der Waals surface area (Å²) in [6.45, 7) is 3.56. The van der Waals surface area contributed by atoms with Crippen LogP contribution in [0.15, 0.2) is 41.1 Å². The van der Waals surface area contributed by atoms with Crippen molar-refractivity contribution in [2.45, 2.75) is 200 Å². The minimum Gasteiger partial charge on any atom is -0.462 e. The molecule has 0 spiro atoms. The third-order valence-corrected chi connectivity index (χ3v) is 11.3. The van der Waals surface area contributed by atoms with E-state index in [9.17, 15) is 29.2 Å². The summed E-state index contributed by atoms with van der Waals surface area (Å²) < 4.78 is 33.9. The van der Waals surface area contributed by atoms with Crippen molar-refractivity contribution in [2.75, 3.05) is 18.3 Å². The lowest BCUT2D eigenvalue weighted by molar-refractivity contribution is -0.383. The number of hydrogen-bond donors (Lipinski definition) is 2. The number of fused-ring (bicyclic) bond motifs is 1. The normalized spacial score (nSPS) is 13.2. The lowest BCUT2D eigenvalue weighted by Gasteiger charge is -2.20. The van der Waals surface area contributed by atoms with Gasteiger partial charge < -0.3 is 14.4 Å². The number of esters is 2. The number of hydrogen-bond acceptors (Lipinski definition) is 11. The molecule has 0 aliphatic heterocycles. The van der Waals surface area contributed by atoms with Crippen molar-refractivity contribution in [1.29, 1.82) is 0 Å². The SMILES string of the molecule is CCCCCCCC/C=C\CCCCCCCC(=O)OC[C@H](COP(=O)(O)Nc1ccc([N+](=O)[O-])c2nonc12)OC(=O)CCCCCCC/C=C\CCCCCCCC. The van der Waals surface area contributed by atoms with Crippen LogP contribution in [0.5, 0.6) is 0 Å². The molecule has 0 saturated heterocycles. The summed E-state index contributed by atoms with van der Waals surface area (Å²) in [6.07, 6.45) is 37.9. The van der Waals surface area contributed by atoms with E-state index in [0.29, 0.717) is 12.8 Å². The first kappa shape index (κ1) is 52.5. The highest BCUT2D eigenvalue weighted by Crippen LogP contribution is 2.44. The van der Waals surface area contributed by atoms with Crippen LogP contribution in [0.3, 0.4) is 0 Å². The van der Waals surface area contributed by atoms with E-state index in [4.69, 9.17) is 14.0 Å². The van der Waals surface area contributed by atoms with Crippen molar-refractivity contribution in [3.05, 3.63) is 46.6 Å². The van der Waals surface area contributed by atoms with Crippen molar-refractivity contribution in [3.8, 4) is 0 Å². The van der Waals surface area contributed by atoms with Gasteiger partial charge in [0.1, 0.15) is 6.61 Å². The van der Waals surface area contributed by atoms with Crippen LogP contribution in [0.25, 0.3) is 11.0 Å². The molecule has 1 aromatic heterocycles. The molecule has 0 radical (unpaired) electrons. The zero-order chi connectivity index (χ0) is 43.5. The van der Waals surface area contributed by atoms with Gasteiger partial charge in [0.15, 0.2) is 11.6 Å². The largest absolute Gasteiger partial charge is 0.462 e. The zero-order valence-electron chi connectivity index (χ0n) is 36.7. The number of rotatable bonds is 39. The van der Waals surface area contributed by atoms with Crippen molar-refractivity contribution in [2.24, 2.45) is 0 Å². The Bertz CT molecular complexity index is 1570. The van der Waals surface area contributed by atoms with Gasteiger partial charge >= 0.3 is 25.4 Å². The minimum atomic E-state index is -4.65. The molecule has 2 N–H and O–H groups in total. The number of nitrogens with zero attached hydrogens (tertiary/aromatic N) is 3. The molecule has 2 rings (SSSR count). The Morgan fingerprint density at radius 3 is 1.65 bits per heavy atom. The van der Waals surface area contributed by atoms with E-state index in [1.807, 2.05) is 0 Å². The molecule has 0 amide bonds. The summed E-state index contributed by atoms with van der Waals surface area (Å²) in [4.78, 5) is 46.7. The summed E-state index contributed by atoms with van der Waals surface area (Å²) in [6, 6.07) is 2.27. The molecule has 0 bridgehead atoms. The Balaban J connectivity index is 1.75. The first-order valence-electron chi connectivity index (χ1n) is 23.0. The Kier molecular flexibility index (Phi) is 29.8. The van der Waals surface area contributed by atoms with Crippen LogP contribution in [-0.2, 0) is 28.2 Å². The van der Waals surface area contributed by atoms with Gasteiger partial charge in [-0.15, -0.1) is 0 Å². The molecule has 2 aromatic rings. The lowest BCUT2D eigenvalue weighted by atomic mass is 10.1. The third-order valence-electron chi connectivity index (χ3n) is 10.3. The molecule has 15 heteroatoms. The van der Waals surface area contributed by atoms with E-state index in [1.54, 1.807) is 0 Å². The van der Waals surface area contributed by atoms with Crippen molar-refractivity contribution in [1.82, 2.24) is 10.3 Å². The van der Waals surface area contributed by atoms with Crippen LogP contribution in [0, 0.1) is 10.1 Å². The van der Waals surface area contributed by atoms with Crippen molar-refractivity contribution < 1.29 is 42.6 Å². The average molecular weight is 863 g/mol. The van der Waals surface area contributed by atoms with E-state index < -0.39 is 43.0 Å². The molecule has 0 fully saturated rings. The van der Waals surface area contributed by atoms with Crippen LogP contribution in [0.2, 0.25) is 0 Å². The van der Waals surface area contributed by atoms with Gasteiger partial charge in [0.05, 0.1) is 17.2 Å². The topological polar surface area (TPSA) is 193 Å². The highest BCUT2D eigenvalue weighted by atomic mass is 31.2. The van der Waals surface area contributed by atoms with Crippen molar-refractivity contribution >= 4 is 42.1 Å². The summed E-state index contributed by atoms with van der Waals surface area (Å²) >= 11 is 0. The second-order valence-electron chi connectivity index (χ2n) is 15.7. The van der Waals surface area contributed by atoms with Crippen LogP contribution in [0.1, 0.15) is 194 Å². The number of nitrogens with one attached hydrogen (secondary N) is 1. The summed E-state index contributed by atoms with van der Waals surface area (Å²) in [5.41, 5.74) is -0.848. The molecule has 0 saturated carbocycles. The van der Waals surface area contributed by atoms with Crippen molar-refractivity contribution in [3.63, 3.8) is 0 Å². The van der Waals surface area contributed by atoms with Crippen LogP contribution in [0.4, 0.5) is 11.4 Å². The number of allylic oxidation sites excluding steroid dienone is 4. The van der Waals surface area contributed by atoms with Gasteiger partial charge in [-0.2, -0.15) is 0 Å². The van der Waals surface area contributed by atoms with Crippen LogP contribution < -0.4 is 5.09 Å². The number of non-ortho nitro benzene ring substituents is 1. The van der Waals surface area contributed by atoms with Gasteiger partial charge in [0.2, 0.25) is 5.52 Å². The quantitative estimate of drug-likeness (QED) is 0.0161. The summed E-state index contributed by atoms with van der Waals surface area (Å²) in [7, 11) is -4.65. The Morgan fingerprint density at radius 2 is 1.15 bits per heavy atom. The van der Waals surface area contributed by atoms with Gasteiger partial charge in [-0.1, -0.05) is 141 Å². The Labute approximate surface area is 358 Å². The number of unbranched alkanes of at least 4 members (excludes halogenated alkanes) is 22. The number of carbonyl (C=O) groups is 2. The molecular formula is C45H75N4O10P. The number of aromatic nitrogens is 2. The number of carbonyl (C=O) groups excluding carboxylic acids is 2. The fourth-order valence-electron chi connectivity index (χ4n) is 6.76. The summed E-state index contributed by atoms with van der Waals surface area (Å²) in [5.74, 6) is -0.982. The highest BCUT2D eigenvalue weighted by Gasteiger charge is 2.28. The van der Waals surface area contributed by atoms with Gasteiger partial charge in [-0.3, -0.25) is 29.3 Å². The average Bonchev–Trinajstić information content (AvgIpc) is 3.72. The maximum Gasteiger partial charge on any atom is 0.430 e. The van der Waals surface area contributed by atoms with E-state index in [1.165, 1.54) is 83.1 Å². The first-order valence-corrected chi connectivity index (χ1v) is 24.5. The molecule has 60 heavy (non-hydrogen) atoms. The van der Waals surface area contributed by atoms with Crippen LogP contribution >= 0.6 is 7.75 Å². The Morgan fingerprint density at radius 1 is 0.700 bits per heavy atom. The number of nitro benzene ring substituents is 1. The van der Waals surface area contributed by atoms with Gasteiger partial charge in [-0.05, 0) is 80.6 Å².